The number of carbonyl (C=O) groups is 1. The van der Waals surface area contributed by atoms with Crippen molar-refractivity contribution in [1.82, 2.24) is 4.90 Å². The molecule has 25 heavy (non-hydrogen) atoms. The van der Waals surface area contributed by atoms with Gasteiger partial charge >= 0.3 is 0 Å². The smallest absolute Gasteiger partial charge is 0.267 e. The summed E-state index contributed by atoms with van der Waals surface area (Å²) in [6.07, 6.45) is -0.478. The molecule has 3 nitrogen and oxygen atoms in total. The zero-order chi connectivity index (χ0) is 17.1. The van der Waals surface area contributed by atoms with Gasteiger partial charge in [0.05, 0.1) is 0 Å². The molecule has 1 aliphatic rings. The van der Waals surface area contributed by atoms with Crippen LogP contribution >= 0.6 is 0 Å². The maximum Gasteiger partial charge on any atom is 0.267 e. The van der Waals surface area contributed by atoms with Crippen LogP contribution in [-0.2, 0) is 11.3 Å². The molecule has 1 amide bonds. The minimum atomic E-state index is -0.478. The fraction of sp³-hybridized carbons (Fsp3) is 0.136. The molecule has 3 aromatic rings. The molecule has 1 aliphatic heterocycles. The number of rotatable bonds is 5. The van der Waals surface area contributed by atoms with Gasteiger partial charge in [0.25, 0.3) is 5.91 Å². The zero-order valence-electron chi connectivity index (χ0n) is 13.8. The largest absolute Gasteiger partial charge is 0.478 e. The summed E-state index contributed by atoms with van der Waals surface area (Å²) in [5.41, 5.74) is 2.22. The number of amides is 1. The highest BCUT2D eigenvalue weighted by atomic mass is 16.5. The fourth-order valence-electron chi connectivity index (χ4n) is 3.24. The summed E-state index contributed by atoms with van der Waals surface area (Å²) in [5, 5.41) is 0. The van der Waals surface area contributed by atoms with E-state index in [4.69, 9.17) is 4.74 Å². The van der Waals surface area contributed by atoms with E-state index in [1.165, 1.54) is 0 Å². The van der Waals surface area contributed by atoms with E-state index < -0.39 is 6.10 Å². The molecule has 0 radical (unpaired) electrons. The van der Waals surface area contributed by atoms with Gasteiger partial charge in [0, 0.05) is 6.54 Å². The topological polar surface area (TPSA) is 29.5 Å². The van der Waals surface area contributed by atoms with E-state index in [2.05, 4.69) is 12.1 Å². The summed E-state index contributed by atoms with van der Waals surface area (Å²) in [7, 11) is 0. The minimum Gasteiger partial charge on any atom is -0.478 e. The van der Waals surface area contributed by atoms with E-state index in [9.17, 15) is 4.79 Å². The highest BCUT2D eigenvalue weighted by Gasteiger charge is 2.49. The Hall–Kier alpha value is -3.07. The van der Waals surface area contributed by atoms with E-state index in [1.54, 1.807) is 0 Å². The van der Waals surface area contributed by atoms with Crippen molar-refractivity contribution in [3.8, 4) is 5.75 Å². The Morgan fingerprint density at radius 2 is 1.32 bits per heavy atom. The molecule has 2 atom stereocenters. The van der Waals surface area contributed by atoms with Gasteiger partial charge in [-0.1, -0.05) is 78.9 Å². The molecule has 4 rings (SSSR count). The van der Waals surface area contributed by atoms with Crippen molar-refractivity contribution in [2.24, 2.45) is 0 Å². The number of hydrogen-bond acceptors (Lipinski definition) is 2. The van der Waals surface area contributed by atoms with Crippen LogP contribution in [0.25, 0.3) is 0 Å². The summed E-state index contributed by atoms with van der Waals surface area (Å²) in [6.45, 7) is 0.591. The lowest BCUT2D eigenvalue weighted by molar-refractivity contribution is -0.165. The van der Waals surface area contributed by atoms with Crippen molar-refractivity contribution in [3.63, 3.8) is 0 Å². The first kappa shape index (κ1) is 15.5. The van der Waals surface area contributed by atoms with Gasteiger partial charge in [-0.3, -0.25) is 4.79 Å². The SMILES string of the molecule is O=C1[C@@H](Oc2ccccc2)[C@@H](c2ccccc2)N1Cc1ccccc1. The number of nitrogens with zero attached hydrogens (tertiary/aromatic N) is 1. The van der Waals surface area contributed by atoms with Crippen LogP contribution in [0.3, 0.4) is 0 Å². The van der Waals surface area contributed by atoms with Gasteiger partial charge in [0.1, 0.15) is 11.8 Å². The number of carbonyl (C=O) groups excluding carboxylic acids is 1. The van der Waals surface area contributed by atoms with E-state index in [0.29, 0.717) is 6.54 Å². The Morgan fingerprint density at radius 1 is 0.760 bits per heavy atom. The monoisotopic (exact) mass is 329 g/mol. The van der Waals surface area contributed by atoms with Gasteiger partial charge in [0.15, 0.2) is 0 Å². The maximum atomic E-state index is 12.8. The first-order valence-corrected chi connectivity index (χ1v) is 8.44. The third-order valence-corrected chi connectivity index (χ3v) is 4.49. The third-order valence-electron chi connectivity index (χ3n) is 4.49. The number of ether oxygens (including phenoxy) is 1. The molecular weight excluding hydrogens is 310 g/mol. The van der Waals surface area contributed by atoms with Crippen LogP contribution in [-0.4, -0.2) is 16.9 Å². The van der Waals surface area contributed by atoms with Crippen LogP contribution in [0.15, 0.2) is 91.0 Å². The minimum absolute atomic E-state index is 0.0292. The predicted molar refractivity (Wildman–Crippen MR) is 97.0 cm³/mol. The molecule has 0 aliphatic carbocycles. The van der Waals surface area contributed by atoms with Crippen LogP contribution in [0, 0.1) is 0 Å². The van der Waals surface area contributed by atoms with Gasteiger partial charge in [0.2, 0.25) is 6.10 Å². The van der Waals surface area contributed by atoms with Crippen LogP contribution in [0.1, 0.15) is 17.2 Å². The highest BCUT2D eigenvalue weighted by Crippen LogP contribution is 2.38. The molecule has 124 valence electrons. The lowest BCUT2D eigenvalue weighted by atomic mass is 9.90. The molecule has 1 fully saturated rings. The van der Waals surface area contributed by atoms with Crippen molar-refractivity contribution in [1.29, 1.82) is 0 Å². The summed E-state index contributed by atoms with van der Waals surface area (Å²) < 4.78 is 6.01. The fourth-order valence-corrected chi connectivity index (χ4v) is 3.24. The standard InChI is InChI=1S/C22H19NO2/c24-22-21(25-19-14-8-3-9-15-19)20(18-12-6-2-7-13-18)23(22)16-17-10-4-1-5-11-17/h1-15,20-21H,16H2/t20-,21+/m1/s1. The van der Waals surface area contributed by atoms with Crippen molar-refractivity contribution < 1.29 is 9.53 Å². The Morgan fingerprint density at radius 3 is 1.96 bits per heavy atom. The summed E-state index contributed by atoms with van der Waals surface area (Å²) in [5.74, 6) is 0.753. The average Bonchev–Trinajstić information content (AvgIpc) is 2.69. The van der Waals surface area contributed by atoms with Crippen LogP contribution < -0.4 is 4.74 Å². The molecule has 1 saturated heterocycles. The van der Waals surface area contributed by atoms with Crippen molar-refractivity contribution in [2.75, 3.05) is 0 Å². The number of benzene rings is 3. The van der Waals surface area contributed by atoms with E-state index in [1.807, 2.05) is 83.8 Å². The van der Waals surface area contributed by atoms with Gasteiger partial charge in [-0.25, -0.2) is 0 Å². The van der Waals surface area contributed by atoms with Crippen molar-refractivity contribution >= 4 is 5.91 Å². The average molecular weight is 329 g/mol. The van der Waals surface area contributed by atoms with E-state index >= 15 is 0 Å². The molecule has 3 heteroatoms. The normalized spacial score (nSPS) is 19.4. The number of para-hydroxylation sites is 1. The molecule has 3 aromatic carbocycles. The summed E-state index contributed by atoms with van der Waals surface area (Å²) >= 11 is 0. The first-order chi connectivity index (χ1) is 12.3. The molecular formula is C22H19NO2. The maximum absolute atomic E-state index is 12.8. The first-order valence-electron chi connectivity index (χ1n) is 8.44. The number of hydrogen-bond donors (Lipinski definition) is 0. The Labute approximate surface area is 147 Å². The van der Waals surface area contributed by atoms with Gasteiger partial charge < -0.3 is 9.64 Å². The van der Waals surface area contributed by atoms with Gasteiger partial charge in [-0.05, 0) is 23.3 Å². The molecule has 0 spiro atoms. The van der Waals surface area contributed by atoms with Crippen molar-refractivity contribution in [2.45, 2.75) is 18.7 Å². The van der Waals surface area contributed by atoms with Crippen molar-refractivity contribution in [3.05, 3.63) is 102 Å². The molecule has 1 heterocycles. The summed E-state index contributed by atoms with van der Waals surface area (Å²) in [6, 6.07) is 29.6. The van der Waals surface area contributed by atoms with Crippen LogP contribution in [0.4, 0.5) is 0 Å². The summed E-state index contributed by atoms with van der Waals surface area (Å²) in [4.78, 5) is 14.6. The Kier molecular flexibility index (Phi) is 4.21. The van der Waals surface area contributed by atoms with Crippen LogP contribution in [0.5, 0.6) is 5.75 Å². The molecule has 0 aromatic heterocycles. The molecule has 0 N–H and O–H groups in total. The number of likely N-dealkylation sites (tertiary alicyclic amines) is 1. The second-order valence-corrected chi connectivity index (χ2v) is 6.16. The molecule has 0 bridgehead atoms. The lowest BCUT2D eigenvalue weighted by Gasteiger charge is -2.46. The van der Waals surface area contributed by atoms with Gasteiger partial charge in [-0.2, -0.15) is 0 Å². The quantitative estimate of drug-likeness (QED) is 0.656. The highest BCUT2D eigenvalue weighted by molar-refractivity contribution is 5.89. The Bertz CT molecular complexity index is 782. The number of β-lactam (4-membered cyclic amide) rings is 1. The van der Waals surface area contributed by atoms with Gasteiger partial charge in [-0.15, -0.1) is 0 Å². The Balaban J connectivity index is 1.60. The van der Waals surface area contributed by atoms with E-state index in [0.717, 1.165) is 16.9 Å². The zero-order valence-corrected chi connectivity index (χ0v) is 13.8. The molecule has 0 unspecified atom stereocenters. The molecule has 0 saturated carbocycles. The van der Waals surface area contributed by atoms with E-state index in [-0.39, 0.29) is 11.9 Å². The third kappa shape index (κ3) is 3.13. The lowest BCUT2D eigenvalue weighted by Crippen LogP contribution is -2.60. The second kappa shape index (κ2) is 6.81. The predicted octanol–water partition coefficient (Wildman–Crippen LogP) is 4.22. The second-order valence-electron chi connectivity index (χ2n) is 6.16. The van der Waals surface area contributed by atoms with Crippen LogP contribution in [0.2, 0.25) is 0 Å².